The van der Waals surface area contributed by atoms with Crippen molar-refractivity contribution in [1.29, 1.82) is 0 Å². The third kappa shape index (κ3) is 1.43. The summed E-state index contributed by atoms with van der Waals surface area (Å²) in [6.07, 6.45) is 0. The van der Waals surface area contributed by atoms with Crippen molar-refractivity contribution >= 4 is 43.6 Å². The second kappa shape index (κ2) is 4.17. The van der Waals surface area contributed by atoms with E-state index in [-0.39, 0.29) is 0 Å². The van der Waals surface area contributed by atoms with Gasteiger partial charge in [-0.25, -0.2) is 0 Å². The summed E-state index contributed by atoms with van der Waals surface area (Å²) < 4.78 is 4.67. The fourth-order valence-corrected chi connectivity index (χ4v) is 4.19. The van der Waals surface area contributed by atoms with Gasteiger partial charge in [-0.05, 0) is 30.7 Å². The number of para-hydroxylation sites is 2. The number of benzene rings is 3. The Balaban J connectivity index is 2.23. The lowest BCUT2D eigenvalue weighted by molar-refractivity contribution is 1.01. The number of rotatable bonds is 0. The predicted octanol–water partition coefficient (Wildman–Crippen LogP) is 5.28. The Morgan fingerprint density at radius 1 is 0.652 bits per heavy atom. The van der Waals surface area contributed by atoms with Crippen LogP contribution in [-0.4, -0.2) is 9.13 Å². The van der Waals surface area contributed by atoms with Gasteiger partial charge in [-0.1, -0.05) is 36.4 Å². The van der Waals surface area contributed by atoms with Gasteiger partial charge in [0.1, 0.15) is 0 Å². The molecule has 112 valence electrons. The minimum absolute atomic E-state index is 1.29. The van der Waals surface area contributed by atoms with Crippen molar-refractivity contribution in [2.24, 2.45) is 14.1 Å². The lowest BCUT2D eigenvalue weighted by atomic mass is 10.0. The molecule has 0 saturated carbocycles. The number of aryl methyl sites for hydroxylation is 3. The molecular formula is C21H18N2. The molecule has 5 rings (SSSR count). The largest absolute Gasteiger partial charge is 0.344 e. The molecule has 3 aromatic carbocycles. The number of fused-ring (bicyclic) bond motifs is 7. The summed E-state index contributed by atoms with van der Waals surface area (Å²) in [5.41, 5.74) is 6.58. The Bertz CT molecular complexity index is 1240. The number of aromatic nitrogens is 2. The Kier molecular flexibility index (Phi) is 2.31. The van der Waals surface area contributed by atoms with Crippen LogP contribution in [0.3, 0.4) is 0 Å². The van der Waals surface area contributed by atoms with Crippen LogP contribution < -0.4 is 0 Å². The maximum atomic E-state index is 2.35. The molecule has 2 aromatic heterocycles. The zero-order valence-corrected chi connectivity index (χ0v) is 13.6. The monoisotopic (exact) mass is 298 g/mol. The summed E-state index contributed by atoms with van der Waals surface area (Å²) in [7, 11) is 4.35. The van der Waals surface area contributed by atoms with Crippen LogP contribution in [-0.2, 0) is 14.1 Å². The van der Waals surface area contributed by atoms with Crippen LogP contribution in [0.15, 0.2) is 54.6 Å². The minimum Gasteiger partial charge on any atom is -0.344 e. The molecule has 5 aromatic rings. The Hall–Kier alpha value is -2.74. The average molecular weight is 298 g/mol. The Labute approximate surface area is 134 Å². The molecule has 0 aliphatic rings. The van der Waals surface area contributed by atoms with Crippen LogP contribution in [0.5, 0.6) is 0 Å². The van der Waals surface area contributed by atoms with E-state index >= 15 is 0 Å². The zero-order chi connectivity index (χ0) is 15.7. The molecule has 2 nitrogen and oxygen atoms in total. The highest BCUT2D eigenvalue weighted by molar-refractivity contribution is 6.26. The highest BCUT2D eigenvalue weighted by Gasteiger charge is 2.18. The molecule has 23 heavy (non-hydrogen) atoms. The SMILES string of the molecule is Cc1cc2c(c3ccccc3n2C)c2c1c1ccccc1n2C. The maximum Gasteiger partial charge on any atom is 0.0593 e. The molecule has 0 saturated heterocycles. The number of hydrogen-bond donors (Lipinski definition) is 0. The van der Waals surface area contributed by atoms with Gasteiger partial charge in [0.25, 0.3) is 0 Å². The van der Waals surface area contributed by atoms with Gasteiger partial charge in [0.15, 0.2) is 0 Å². The highest BCUT2D eigenvalue weighted by Crippen LogP contribution is 2.40. The summed E-state index contributed by atoms with van der Waals surface area (Å²) in [4.78, 5) is 0. The molecule has 0 unspecified atom stereocenters. The van der Waals surface area contributed by atoms with Crippen molar-refractivity contribution in [3.05, 3.63) is 60.2 Å². The van der Waals surface area contributed by atoms with Gasteiger partial charge in [0.05, 0.1) is 11.0 Å². The Morgan fingerprint density at radius 2 is 1.22 bits per heavy atom. The average Bonchev–Trinajstić information content (AvgIpc) is 3.03. The van der Waals surface area contributed by atoms with Crippen molar-refractivity contribution in [2.75, 3.05) is 0 Å². The molecule has 0 amide bonds. The van der Waals surface area contributed by atoms with Crippen LogP contribution in [0.2, 0.25) is 0 Å². The molecule has 0 radical (unpaired) electrons. The lowest BCUT2D eigenvalue weighted by Crippen LogP contribution is -1.90. The topological polar surface area (TPSA) is 9.86 Å². The smallest absolute Gasteiger partial charge is 0.0593 e. The fraction of sp³-hybridized carbons (Fsp3) is 0.143. The third-order valence-corrected chi connectivity index (χ3v) is 5.24. The van der Waals surface area contributed by atoms with Gasteiger partial charge in [-0.3, -0.25) is 0 Å². The van der Waals surface area contributed by atoms with Crippen LogP contribution in [0, 0.1) is 6.92 Å². The first kappa shape index (κ1) is 12.8. The normalized spacial score (nSPS) is 12.1. The van der Waals surface area contributed by atoms with Crippen molar-refractivity contribution in [3.63, 3.8) is 0 Å². The fourth-order valence-electron chi connectivity index (χ4n) is 4.19. The van der Waals surface area contributed by atoms with E-state index in [4.69, 9.17) is 0 Å². The first-order valence-corrected chi connectivity index (χ1v) is 8.02. The number of nitrogens with zero attached hydrogens (tertiary/aromatic N) is 2. The Morgan fingerprint density at radius 3 is 1.91 bits per heavy atom. The summed E-state index contributed by atoms with van der Waals surface area (Å²) in [5.74, 6) is 0. The highest BCUT2D eigenvalue weighted by atomic mass is 15.0. The minimum atomic E-state index is 1.29. The first-order chi connectivity index (χ1) is 11.2. The van der Waals surface area contributed by atoms with Gasteiger partial charge in [-0.15, -0.1) is 0 Å². The van der Waals surface area contributed by atoms with Gasteiger partial charge in [0.2, 0.25) is 0 Å². The molecule has 2 heteroatoms. The summed E-state index contributed by atoms with van der Waals surface area (Å²) in [6.45, 7) is 2.23. The first-order valence-electron chi connectivity index (χ1n) is 8.02. The van der Waals surface area contributed by atoms with Crippen molar-refractivity contribution in [1.82, 2.24) is 9.13 Å². The molecule has 0 aliphatic heterocycles. The van der Waals surface area contributed by atoms with Crippen LogP contribution in [0.4, 0.5) is 0 Å². The van der Waals surface area contributed by atoms with E-state index < -0.39 is 0 Å². The molecule has 0 atom stereocenters. The van der Waals surface area contributed by atoms with Gasteiger partial charge in [-0.2, -0.15) is 0 Å². The molecule has 0 aliphatic carbocycles. The van der Waals surface area contributed by atoms with E-state index in [0.717, 1.165) is 0 Å². The van der Waals surface area contributed by atoms with Crippen molar-refractivity contribution < 1.29 is 0 Å². The van der Waals surface area contributed by atoms with E-state index in [1.165, 1.54) is 49.2 Å². The standard InChI is InChI=1S/C21H18N2/c1-13-12-18-20(15-9-5-6-10-16(15)22(18)2)21-19(13)14-8-4-7-11-17(14)23(21)3/h4-12H,1-3H3. The predicted molar refractivity (Wildman–Crippen MR) is 99.1 cm³/mol. The second-order valence-electron chi connectivity index (χ2n) is 6.46. The number of hydrogen-bond acceptors (Lipinski definition) is 0. The van der Waals surface area contributed by atoms with Crippen molar-refractivity contribution in [2.45, 2.75) is 6.92 Å². The van der Waals surface area contributed by atoms with E-state index in [9.17, 15) is 0 Å². The van der Waals surface area contributed by atoms with E-state index in [1.54, 1.807) is 0 Å². The third-order valence-electron chi connectivity index (χ3n) is 5.24. The molecule has 0 bridgehead atoms. The summed E-state index contributed by atoms with van der Waals surface area (Å²) in [6, 6.07) is 19.7. The second-order valence-corrected chi connectivity index (χ2v) is 6.46. The van der Waals surface area contributed by atoms with Crippen LogP contribution in [0.1, 0.15) is 5.56 Å². The van der Waals surface area contributed by atoms with E-state index in [0.29, 0.717) is 0 Å². The van der Waals surface area contributed by atoms with Crippen LogP contribution in [0.25, 0.3) is 43.6 Å². The van der Waals surface area contributed by atoms with Gasteiger partial charge < -0.3 is 9.13 Å². The molecule has 0 N–H and O–H groups in total. The van der Waals surface area contributed by atoms with E-state index in [1.807, 2.05) is 0 Å². The van der Waals surface area contributed by atoms with Gasteiger partial charge >= 0.3 is 0 Å². The van der Waals surface area contributed by atoms with Crippen molar-refractivity contribution in [3.8, 4) is 0 Å². The zero-order valence-electron chi connectivity index (χ0n) is 13.6. The maximum absolute atomic E-state index is 2.35. The van der Waals surface area contributed by atoms with Gasteiger partial charge in [0, 0.05) is 46.7 Å². The molecule has 0 fully saturated rings. The molecule has 0 spiro atoms. The lowest BCUT2D eigenvalue weighted by Gasteiger charge is -2.04. The van der Waals surface area contributed by atoms with Crippen LogP contribution >= 0.6 is 0 Å². The summed E-state index contributed by atoms with van der Waals surface area (Å²) in [5, 5.41) is 5.42. The van der Waals surface area contributed by atoms with E-state index in [2.05, 4.69) is 84.8 Å². The quantitative estimate of drug-likeness (QED) is 0.368. The molecule has 2 heterocycles. The summed E-state index contributed by atoms with van der Waals surface area (Å²) >= 11 is 0. The molecular weight excluding hydrogens is 280 g/mol.